The Kier molecular flexibility index (Phi) is 6.97. The van der Waals surface area contributed by atoms with E-state index in [0.717, 1.165) is 23.1 Å². The van der Waals surface area contributed by atoms with Crippen molar-refractivity contribution in [2.75, 3.05) is 0 Å². The first-order valence-corrected chi connectivity index (χ1v) is 7.29. The van der Waals surface area contributed by atoms with Gasteiger partial charge in [-0.3, -0.25) is 0 Å². The van der Waals surface area contributed by atoms with Crippen LogP contribution >= 0.6 is 0 Å². The quantitative estimate of drug-likeness (QED) is 0.768. The summed E-state index contributed by atoms with van der Waals surface area (Å²) in [4.78, 5) is 0. The van der Waals surface area contributed by atoms with Gasteiger partial charge in [-0.25, -0.2) is 0 Å². The summed E-state index contributed by atoms with van der Waals surface area (Å²) in [7, 11) is 0. The van der Waals surface area contributed by atoms with Crippen molar-refractivity contribution in [3.8, 4) is 11.5 Å². The molecule has 2 heteroatoms. The molecule has 0 aliphatic carbocycles. The standard InChI is InChI=1S/2C10H12O/c2*1-3-4-9-5-6-10(11)8(2)7-9/h3-7,11H,1-2H3;3,5-7,11H,1,4H2,2H3/b4-3+;. The molecule has 116 valence electrons. The van der Waals surface area contributed by atoms with Crippen LogP contribution in [0.25, 0.3) is 6.08 Å². The van der Waals surface area contributed by atoms with Crippen molar-refractivity contribution in [1.82, 2.24) is 0 Å². The average Bonchev–Trinajstić information content (AvgIpc) is 2.48. The van der Waals surface area contributed by atoms with Gasteiger partial charge in [0.15, 0.2) is 0 Å². The molecule has 0 spiro atoms. The molecule has 0 saturated carbocycles. The Bertz CT molecular complexity index is 655. The van der Waals surface area contributed by atoms with Crippen LogP contribution in [0.1, 0.15) is 29.2 Å². The molecule has 0 saturated heterocycles. The van der Waals surface area contributed by atoms with Crippen LogP contribution in [0.15, 0.2) is 55.1 Å². The summed E-state index contributed by atoms with van der Waals surface area (Å²) in [6.45, 7) is 9.40. The highest BCUT2D eigenvalue weighted by molar-refractivity contribution is 5.52. The Balaban J connectivity index is 0.000000220. The van der Waals surface area contributed by atoms with E-state index in [1.165, 1.54) is 5.56 Å². The predicted molar refractivity (Wildman–Crippen MR) is 94.3 cm³/mol. The molecule has 0 atom stereocenters. The molecule has 2 aromatic carbocycles. The molecule has 0 aliphatic rings. The number of aryl methyl sites for hydroxylation is 2. The maximum Gasteiger partial charge on any atom is 0.118 e. The molecule has 2 N–H and O–H groups in total. The SMILES string of the molecule is C/C=C/c1ccc(O)c(C)c1.C=CCc1ccc(O)c(C)c1. The van der Waals surface area contributed by atoms with Gasteiger partial charge in [0.2, 0.25) is 0 Å². The maximum atomic E-state index is 9.19. The second-order valence-electron chi connectivity index (χ2n) is 5.16. The number of rotatable bonds is 3. The van der Waals surface area contributed by atoms with Crippen molar-refractivity contribution in [2.24, 2.45) is 0 Å². The fraction of sp³-hybridized carbons (Fsp3) is 0.200. The summed E-state index contributed by atoms with van der Waals surface area (Å²) >= 11 is 0. The third-order valence-electron chi connectivity index (χ3n) is 3.22. The zero-order valence-corrected chi connectivity index (χ0v) is 13.5. The third-order valence-corrected chi connectivity index (χ3v) is 3.22. The fourth-order valence-corrected chi connectivity index (χ4v) is 1.99. The number of hydrogen-bond acceptors (Lipinski definition) is 2. The minimum absolute atomic E-state index is 0.359. The summed E-state index contributed by atoms with van der Waals surface area (Å²) < 4.78 is 0. The van der Waals surface area contributed by atoms with Crippen LogP contribution in [0, 0.1) is 13.8 Å². The normalized spacial score (nSPS) is 10.1. The molecule has 0 aliphatic heterocycles. The van der Waals surface area contributed by atoms with Crippen molar-refractivity contribution in [3.63, 3.8) is 0 Å². The van der Waals surface area contributed by atoms with E-state index in [4.69, 9.17) is 0 Å². The van der Waals surface area contributed by atoms with E-state index >= 15 is 0 Å². The lowest BCUT2D eigenvalue weighted by atomic mass is 10.1. The smallest absolute Gasteiger partial charge is 0.118 e. The zero-order valence-electron chi connectivity index (χ0n) is 13.5. The monoisotopic (exact) mass is 296 g/mol. The summed E-state index contributed by atoms with van der Waals surface area (Å²) in [6, 6.07) is 11.2. The van der Waals surface area contributed by atoms with E-state index in [0.29, 0.717) is 11.5 Å². The number of allylic oxidation sites excluding steroid dienone is 2. The number of benzene rings is 2. The van der Waals surface area contributed by atoms with E-state index in [-0.39, 0.29) is 0 Å². The van der Waals surface area contributed by atoms with E-state index < -0.39 is 0 Å². The lowest BCUT2D eigenvalue weighted by Gasteiger charge is -2.00. The lowest BCUT2D eigenvalue weighted by Crippen LogP contribution is -1.82. The Morgan fingerprint density at radius 3 is 2.05 bits per heavy atom. The highest BCUT2D eigenvalue weighted by Gasteiger charge is 1.95. The zero-order chi connectivity index (χ0) is 16.5. The van der Waals surface area contributed by atoms with Gasteiger partial charge in [-0.05, 0) is 67.6 Å². The first-order chi connectivity index (χ1) is 10.5. The second kappa shape index (κ2) is 8.73. The predicted octanol–water partition coefficient (Wildman–Crippen LogP) is 5.16. The van der Waals surface area contributed by atoms with E-state index in [9.17, 15) is 10.2 Å². The Labute approximate surface area is 133 Å². The first-order valence-electron chi connectivity index (χ1n) is 7.29. The van der Waals surface area contributed by atoms with Gasteiger partial charge in [-0.1, -0.05) is 36.4 Å². The van der Waals surface area contributed by atoms with Gasteiger partial charge in [0, 0.05) is 0 Å². The fourth-order valence-electron chi connectivity index (χ4n) is 1.99. The molecule has 2 rings (SSSR count). The van der Waals surface area contributed by atoms with Gasteiger partial charge in [0.25, 0.3) is 0 Å². The second-order valence-corrected chi connectivity index (χ2v) is 5.16. The van der Waals surface area contributed by atoms with Gasteiger partial charge in [-0.15, -0.1) is 6.58 Å². The third kappa shape index (κ3) is 5.49. The van der Waals surface area contributed by atoms with E-state index in [1.807, 2.05) is 63.3 Å². The molecular weight excluding hydrogens is 272 g/mol. The highest BCUT2D eigenvalue weighted by atomic mass is 16.3. The van der Waals surface area contributed by atoms with Crippen LogP contribution in [0.2, 0.25) is 0 Å². The van der Waals surface area contributed by atoms with Crippen LogP contribution in [0.3, 0.4) is 0 Å². The van der Waals surface area contributed by atoms with Crippen LogP contribution in [-0.2, 0) is 6.42 Å². The van der Waals surface area contributed by atoms with Crippen molar-refractivity contribution < 1.29 is 10.2 Å². The molecule has 0 unspecified atom stereocenters. The maximum absolute atomic E-state index is 9.19. The minimum atomic E-state index is 0.359. The largest absolute Gasteiger partial charge is 0.508 e. The van der Waals surface area contributed by atoms with Gasteiger partial charge in [0.05, 0.1) is 0 Å². The number of phenols is 2. The molecule has 0 fully saturated rings. The molecular formula is C20H24O2. The number of phenolic OH excluding ortho intramolecular Hbond substituents is 2. The van der Waals surface area contributed by atoms with Crippen molar-refractivity contribution in [2.45, 2.75) is 27.2 Å². The summed E-state index contributed by atoms with van der Waals surface area (Å²) in [5, 5.41) is 18.4. The average molecular weight is 296 g/mol. The van der Waals surface area contributed by atoms with Gasteiger partial charge in [-0.2, -0.15) is 0 Å². The molecule has 0 amide bonds. The number of hydrogen-bond donors (Lipinski definition) is 2. The minimum Gasteiger partial charge on any atom is -0.508 e. The summed E-state index contributed by atoms with van der Waals surface area (Å²) in [5.41, 5.74) is 4.16. The topological polar surface area (TPSA) is 40.5 Å². The summed E-state index contributed by atoms with van der Waals surface area (Å²) in [6.07, 6.45) is 6.70. The van der Waals surface area contributed by atoms with Crippen LogP contribution in [-0.4, -0.2) is 10.2 Å². The first kappa shape index (κ1) is 17.6. The Morgan fingerprint density at radius 1 is 0.955 bits per heavy atom. The molecule has 22 heavy (non-hydrogen) atoms. The van der Waals surface area contributed by atoms with Crippen molar-refractivity contribution in [1.29, 1.82) is 0 Å². The Hall–Kier alpha value is -2.48. The van der Waals surface area contributed by atoms with Gasteiger partial charge < -0.3 is 10.2 Å². The van der Waals surface area contributed by atoms with E-state index in [1.54, 1.807) is 12.1 Å². The molecule has 0 radical (unpaired) electrons. The lowest BCUT2D eigenvalue weighted by molar-refractivity contribution is 0.470. The van der Waals surface area contributed by atoms with Crippen LogP contribution in [0.4, 0.5) is 0 Å². The van der Waals surface area contributed by atoms with Crippen molar-refractivity contribution in [3.05, 3.63) is 77.4 Å². The van der Waals surface area contributed by atoms with E-state index in [2.05, 4.69) is 6.58 Å². The molecule has 2 aromatic rings. The Morgan fingerprint density at radius 2 is 1.55 bits per heavy atom. The van der Waals surface area contributed by atoms with Crippen LogP contribution in [0.5, 0.6) is 11.5 Å². The highest BCUT2D eigenvalue weighted by Crippen LogP contribution is 2.18. The van der Waals surface area contributed by atoms with Gasteiger partial charge >= 0.3 is 0 Å². The molecule has 2 nitrogen and oxygen atoms in total. The number of aromatic hydroxyl groups is 2. The molecule has 0 bridgehead atoms. The van der Waals surface area contributed by atoms with Crippen molar-refractivity contribution >= 4 is 6.08 Å². The molecule has 0 heterocycles. The van der Waals surface area contributed by atoms with Gasteiger partial charge in [0.1, 0.15) is 11.5 Å². The summed E-state index contributed by atoms with van der Waals surface area (Å²) in [5.74, 6) is 0.719. The van der Waals surface area contributed by atoms with Crippen LogP contribution < -0.4 is 0 Å². The molecule has 0 aromatic heterocycles.